The lowest BCUT2D eigenvalue weighted by atomic mass is 10.1. The predicted octanol–water partition coefficient (Wildman–Crippen LogP) is 2.49. The van der Waals surface area contributed by atoms with Gasteiger partial charge in [-0.1, -0.05) is 54.6 Å². The molecule has 25 heavy (non-hydrogen) atoms. The van der Waals surface area contributed by atoms with E-state index < -0.39 is 0 Å². The molecule has 6 nitrogen and oxygen atoms in total. The van der Waals surface area contributed by atoms with Gasteiger partial charge in [-0.25, -0.2) is 0 Å². The Hall–Kier alpha value is -3.02. The van der Waals surface area contributed by atoms with E-state index in [4.69, 9.17) is 0 Å². The van der Waals surface area contributed by atoms with Crippen molar-refractivity contribution in [1.82, 2.24) is 25.1 Å². The Morgan fingerprint density at radius 3 is 2.76 bits per heavy atom. The third kappa shape index (κ3) is 3.03. The zero-order valence-corrected chi connectivity index (χ0v) is 14.0. The third-order valence-corrected chi connectivity index (χ3v) is 4.72. The van der Waals surface area contributed by atoms with Crippen LogP contribution in [0.2, 0.25) is 0 Å². The summed E-state index contributed by atoms with van der Waals surface area (Å²) < 4.78 is 0. The fourth-order valence-electron chi connectivity index (χ4n) is 3.36. The number of tetrazole rings is 1. The van der Waals surface area contributed by atoms with Crippen LogP contribution in [-0.2, 0) is 17.8 Å². The van der Waals surface area contributed by atoms with Gasteiger partial charge in [-0.2, -0.15) is 4.80 Å². The summed E-state index contributed by atoms with van der Waals surface area (Å²) in [4.78, 5) is 15.8. The molecule has 2 aromatic carbocycles. The van der Waals surface area contributed by atoms with E-state index in [1.165, 1.54) is 15.9 Å². The molecule has 0 N–H and O–H groups in total. The average Bonchev–Trinajstić information content (AvgIpc) is 3.29. The van der Waals surface area contributed by atoms with Crippen molar-refractivity contribution in [2.75, 3.05) is 7.05 Å². The molecule has 0 spiro atoms. The van der Waals surface area contributed by atoms with Gasteiger partial charge < -0.3 is 4.90 Å². The molecule has 1 aliphatic carbocycles. The molecule has 126 valence electrons. The van der Waals surface area contributed by atoms with Crippen molar-refractivity contribution in [2.45, 2.75) is 25.4 Å². The highest BCUT2D eigenvalue weighted by Crippen LogP contribution is 2.34. The van der Waals surface area contributed by atoms with Crippen LogP contribution in [0, 0.1) is 0 Å². The van der Waals surface area contributed by atoms with Crippen LogP contribution in [-0.4, -0.2) is 38.1 Å². The zero-order chi connectivity index (χ0) is 17.2. The number of nitrogens with zero attached hydrogens (tertiary/aromatic N) is 5. The monoisotopic (exact) mass is 333 g/mol. The van der Waals surface area contributed by atoms with E-state index in [2.05, 4.69) is 27.5 Å². The van der Waals surface area contributed by atoms with Crippen molar-refractivity contribution in [3.8, 4) is 11.4 Å². The number of carbonyl (C=O) groups is 1. The molecule has 1 amide bonds. The summed E-state index contributed by atoms with van der Waals surface area (Å²) >= 11 is 0. The summed E-state index contributed by atoms with van der Waals surface area (Å²) in [6.45, 7) is 0.0923. The van der Waals surface area contributed by atoms with Gasteiger partial charge in [0.25, 0.3) is 0 Å². The highest BCUT2D eigenvalue weighted by molar-refractivity contribution is 5.76. The number of likely N-dealkylation sites (N-methyl/N-ethyl adjacent to an activating group) is 1. The Labute approximate surface area is 146 Å². The molecule has 0 aliphatic heterocycles. The maximum Gasteiger partial charge on any atom is 0.246 e. The van der Waals surface area contributed by atoms with Gasteiger partial charge in [0.2, 0.25) is 11.7 Å². The predicted molar refractivity (Wildman–Crippen MR) is 93.5 cm³/mol. The summed E-state index contributed by atoms with van der Waals surface area (Å²) in [6, 6.07) is 18.1. The van der Waals surface area contributed by atoms with Gasteiger partial charge in [0.15, 0.2) is 0 Å². The van der Waals surface area contributed by atoms with Gasteiger partial charge in [-0.05, 0) is 29.2 Å². The van der Waals surface area contributed by atoms with Crippen molar-refractivity contribution in [3.63, 3.8) is 0 Å². The molecule has 4 rings (SSSR count). The van der Waals surface area contributed by atoms with Crippen molar-refractivity contribution < 1.29 is 4.79 Å². The Morgan fingerprint density at radius 2 is 1.92 bits per heavy atom. The van der Waals surface area contributed by atoms with E-state index in [1.807, 2.05) is 49.5 Å². The van der Waals surface area contributed by atoms with Crippen LogP contribution in [0.15, 0.2) is 54.6 Å². The van der Waals surface area contributed by atoms with E-state index in [1.54, 1.807) is 4.90 Å². The number of amides is 1. The molecule has 0 fully saturated rings. The van der Waals surface area contributed by atoms with E-state index >= 15 is 0 Å². The second kappa shape index (κ2) is 6.47. The molecular formula is C19H19N5O. The molecule has 1 unspecified atom stereocenters. The number of aryl methyl sites for hydroxylation is 1. The standard InChI is InChI=1S/C19H19N5O/c1-23(17-12-11-14-7-5-6-10-16(14)17)18(25)13-24-21-19(20-22-24)15-8-3-2-4-9-15/h2-10,17H,11-13H2,1H3. The van der Waals surface area contributed by atoms with Crippen molar-refractivity contribution in [1.29, 1.82) is 0 Å². The number of carbonyl (C=O) groups excluding carboxylic acids is 1. The molecule has 0 saturated heterocycles. The fourth-order valence-corrected chi connectivity index (χ4v) is 3.36. The van der Waals surface area contributed by atoms with Gasteiger partial charge in [0, 0.05) is 12.6 Å². The minimum Gasteiger partial charge on any atom is -0.337 e. The SMILES string of the molecule is CN(C(=O)Cn1nnc(-c2ccccc2)n1)C1CCc2ccccc21. The van der Waals surface area contributed by atoms with Crippen molar-refractivity contribution in [3.05, 3.63) is 65.7 Å². The summed E-state index contributed by atoms with van der Waals surface area (Å²) in [5.74, 6) is 0.515. The smallest absolute Gasteiger partial charge is 0.246 e. The summed E-state index contributed by atoms with van der Waals surface area (Å²) in [6.07, 6.45) is 1.97. The Morgan fingerprint density at radius 1 is 1.16 bits per heavy atom. The number of rotatable bonds is 4. The second-order valence-corrected chi connectivity index (χ2v) is 6.27. The quantitative estimate of drug-likeness (QED) is 0.736. The maximum absolute atomic E-state index is 12.7. The number of aromatic nitrogens is 4. The Kier molecular flexibility index (Phi) is 4.01. The summed E-state index contributed by atoms with van der Waals surface area (Å²) in [5, 5.41) is 12.4. The van der Waals surface area contributed by atoms with Crippen LogP contribution in [0.25, 0.3) is 11.4 Å². The molecule has 0 saturated carbocycles. The normalized spacial score (nSPS) is 15.8. The summed E-state index contributed by atoms with van der Waals surface area (Å²) in [7, 11) is 1.85. The van der Waals surface area contributed by atoms with Crippen molar-refractivity contribution >= 4 is 5.91 Å². The van der Waals surface area contributed by atoms with Crippen LogP contribution in [0.4, 0.5) is 0 Å². The highest BCUT2D eigenvalue weighted by Gasteiger charge is 2.28. The molecule has 0 radical (unpaired) electrons. The average molecular weight is 333 g/mol. The largest absolute Gasteiger partial charge is 0.337 e. The van der Waals surface area contributed by atoms with E-state index in [-0.39, 0.29) is 18.5 Å². The van der Waals surface area contributed by atoms with E-state index in [0.29, 0.717) is 5.82 Å². The first-order valence-corrected chi connectivity index (χ1v) is 8.39. The van der Waals surface area contributed by atoms with Gasteiger partial charge >= 0.3 is 0 Å². The molecule has 6 heteroatoms. The molecule has 3 aromatic rings. The Bertz CT molecular complexity index is 890. The maximum atomic E-state index is 12.7. The lowest BCUT2D eigenvalue weighted by molar-refractivity contribution is -0.133. The number of hydrogen-bond donors (Lipinski definition) is 0. The zero-order valence-electron chi connectivity index (χ0n) is 14.0. The first-order valence-electron chi connectivity index (χ1n) is 8.39. The van der Waals surface area contributed by atoms with Crippen LogP contribution in [0.3, 0.4) is 0 Å². The molecule has 1 aromatic heterocycles. The first-order chi connectivity index (χ1) is 12.2. The number of hydrogen-bond acceptors (Lipinski definition) is 4. The highest BCUT2D eigenvalue weighted by atomic mass is 16.2. The molecule has 0 bridgehead atoms. The van der Waals surface area contributed by atoms with Gasteiger partial charge in [0.05, 0.1) is 6.04 Å². The van der Waals surface area contributed by atoms with Crippen LogP contribution in [0.1, 0.15) is 23.6 Å². The molecule has 1 heterocycles. The number of fused-ring (bicyclic) bond motifs is 1. The molecular weight excluding hydrogens is 314 g/mol. The Balaban J connectivity index is 1.47. The minimum atomic E-state index is -0.0151. The van der Waals surface area contributed by atoms with Gasteiger partial charge in [-0.3, -0.25) is 4.79 Å². The lowest BCUT2D eigenvalue weighted by Gasteiger charge is -2.25. The van der Waals surface area contributed by atoms with Crippen LogP contribution in [0.5, 0.6) is 0 Å². The minimum absolute atomic E-state index is 0.0151. The van der Waals surface area contributed by atoms with Crippen LogP contribution < -0.4 is 0 Å². The summed E-state index contributed by atoms with van der Waals surface area (Å²) in [5.41, 5.74) is 3.46. The number of benzene rings is 2. The first kappa shape index (κ1) is 15.5. The van der Waals surface area contributed by atoms with Gasteiger partial charge in [-0.15, -0.1) is 10.2 Å². The fraction of sp³-hybridized carbons (Fsp3) is 0.263. The van der Waals surface area contributed by atoms with Crippen molar-refractivity contribution in [2.24, 2.45) is 0 Å². The van der Waals surface area contributed by atoms with Gasteiger partial charge in [0.1, 0.15) is 6.54 Å². The lowest BCUT2D eigenvalue weighted by Crippen LogP contribution is -2.33. The molecule has 1 aliphatic rings. The van der Waals surface area contributed by atoms with E-state index in [9.17, 15) is 4.79 Å². The van der Waals surface area contributed by atoms with Crippen LogP contribution >= 0.6 is 0 Å². The van der Waals surface area contributed by atoms with E-state index in [0.717, 1.165) is 18.4 Å². The molecule has 1 atom stereocenters. The second-order valence-electron chi connectivity index (χ2n) is 6.27. The third-order valence-electron chi connectivity index (χ3n) is 4.72. The topological polar surface area (TPSA) is 63.9 Å².